The van der Waals surface area contributed by atoms with Crippen LogP contribution in [0.2, 0.25) is 0 Å². The van der Waals surface area contributed by atoms with Gasteiger partial charge in [-0.15, -0.1) is 0 Å². The Morgan fingerprint density at radius 3 is 1.97 bits per heavy atom. The summed E-state index contributed by atoms with van der Waals surface area (Å²) in [6, 6.07) is 12.3. The second-order valence-corrected chi connectivity index (χ2v) is 9.03. The third-order valence-corrected chi connectivity index (χ3v) is 6.25. The number of nitriles is 2. The fourth-order valence-corrected chi connectivity index (χ4v) is 4.04. The SMILES string of the molecule is CCCCC1C(C)=NC(C#N)=C(C#N)N=C1/C=C/c1ccc(N(CCOCCOC)CCOCCOC)cc1. The molecule has 0 N–H and O–H groups in total. The van der Waals surface area contributed by atoms with Crippen LogP contribution in [0.4, 0.5) is 5.69 Å². The van der Waals surface area contributed by atoms with E-state index in [1.165, 1.54) is 0 Å². The molecule has 0 amide bonds. The van der Waals surface area contributed by atoms with Crippen molar-refractivity contribution >= 4 is 23.2 Å². The summed E-state index contributed by atoms with van der Waals surface area (Å²) in [5, 5.41) is 19.0. The maximum Gasteiger partial charge on any atom is 0.177 e. The molecule has 0 spiro atoms. The van der Waals surface area contributed by atoms with E-state index in [0.717, 1.165) is 55.0 Å². The summed E-state index contributed by atoms with van der Waals surface area (Å²) in [6.45, 7) is 8.93. The first-order chi connectivity index (χ1) is 19.1. The van der Waals surface area contributed by atoms with Crippen LogP contribution in [0.1, 0.15) is 38.7 Å². The summed E-state index contributed by atoms with van der Waals surface area (Å²) in [5.74, 6) is -0.0404. The topological polar surface area (TPSA) is 112 Å². The number of unbranched alkanes of at least 4 members (excludes halogenated alkanes) is 1. The Kier molecular flexibility index (Phi) is 15.4. The standard InChI is InChI=1S/C30H41N5O4/c1-5-6-7-27-24(2)33-29(22-31)30(23-32)34-28(27)13-10-25-8-11-26(12-9-25)35(14-16-38-20-18-36-3)15-17-39-21-19-37-4/h8-13,27H,5-7,14-21H2,1-4H3/b13-10+. The van der Waals surface area contributed by atoms with Gasteiger partial charge in [-0.25, -0.2) is 9.98 Å². The molecule has 39 heavy (non-hydrogen) atoms. The predicted octanol–water partition coefficient (Wildman–Crippen LogP) is 4.81. The highest BCUT2D eigenvalue weighted by Crippen LogP contribution is 2.23. The van der Waals surface area contributed by atoms with Crippen molar-refractivity contribution in [3.63, 3.8) is 0 Å². The zero-order chi connectivity index (χ0) is 28.3. The quantitative estimate of drug-likeness (QED) is 0.248. The van der Waals surface area contributed by atoms with E-state index in [1.807, 2.05) is 31.2 Å². The van der Waals surface area contributed by atoms with Gasteiger partial charge in [0, 0.05) is 44.6 Å². The van der Waals surface area contributed by atoms with E-state index >= 15 is 0 Å². The molecule has 9 heteroatoms. The lowest BCUT2D eigenvalue weighted by molar-refractivity contribution is 0.0677. The van der Waals surface area contributed by atoms with Crippen LogP contribution in [0.25, 0.3) is 6.08 Å². The van der Waals surface area contributed by atoms with Crippen LogP contribution in [0.3, 0.4) is 0 Å². The predicted molar refractivity (Wildman–Crippen MR) is 155 cm³/mol. The van der Waals surface area contributed by atoms with E-state index in [1.54, 1.807) is 14.2 Å². The van der Waals surface area contributed by atoms with Crippen LogP contribution in [-0.4, -0.2) is 78.4 Å². The van der Waals surface area contributed by atoms with Crippen LogP contribution in [0.5, 0.6) is 0 Å². The molecule has 0 aromatic heterocycles. The van der Waals surface area contributed by atoms with E-state index in [-0.39, 0.29) is 17.3 Å². The summed E-state index contributed by atoms with van der Waals surface area (Å²) in [7, 11) is 3.32. The van der Waals surface area contributed by atoms with Crippen molar-refractivity contribution in [1.82, 2.24) is 0 Å². The highest BCUT2D eigenvalue weighted by atomic mass is 16.5. The molecule has 1 heterocycles. The van der Waals surface area contributed by atoms with Gasteiger partial charge in [-0.1, -0.05) is 38.0 Å². The molecular weight excluding hydrogens is 494 g/mol. The number of methoxy groups -OCH3 is 2. The Balaban J connectivity index is 2.18. The molecule has 0 saturated carbocycles. The smallest absolute Gasteiger partial charge is 0.177 e. The lowest BCUT2D eigenvalue weighted by Gasteiger charge is -2.25. The first kappa shape index (κ1) is 31.9. The van der Waals surface area contributed by atoms with Gasteiger partial charge in [0.1, 0.15) is 12.1 Å². The summed E-state index contributed by atoms with van der Waals surface area (Å²) in [4.78, 5) is 11.2. The van der Waals surface area contributed by atoms with Crippen LogP contribution in [0, 0.1) is 28.6 Å². The van der Waals surface area contributed by atoms with Crippen LogP contribution in [0.15, 0.2) is 51.7 Å². The van der Waals surface area contributed by atoms with Crippen molar-refractivity contribution in [2.24, 2.45) is 15.9 Å². The number of nitrogens with zero attached hydrogens (tertiary/aromatic N) is 5. The molecule has 0 bridgehead atoms. The minimum absolute atomic E-state index is 0.0404. The lowest BCUT2D eigenvalue weighted by Crippen LogP contribution is -2.31. The molecule has 1 aliphatic rings. The van der Waals surface area contributed by atoms with Crippen molar-refractivity contribution < 1.29 is 18.9 Å². The van der Waals surface area contributed by atoms with Crippen molar-refractivity contribution in [3.8, 4) is 12.1 Å². The van der Waals surface area contributed by atoms with Crippen molar-refractivity contribution in [2.75, 3.05) is 71.9 Å². The summed E-state index contributed by atoms with van der Waals surface area (Å²) in [6.07, 6.45) is 6.84. The van der Waals surface area contributed by atoms with Gasteiger partial charge in [0.2, 0.25) is 0 Å². The first-order valence-corrected chi connectivity index (χ1v) is 13.4. The summed E-state index contributed by atoms with van der Waals surface area (Å²) in [5.41, 5.74) is 3.76. The van der Waals surface area contributed by atoms with Gasteiger partial charge >= 0.3 is 0 Å². The summed E-state index contributed by atoms with van der Waals surface area (Å²) >= 11 is 0. The van der Waals surface area contributed by atoms with E-state index in [2.05, 4.69) is 46.1 Å². The molecule has 0 saturated heterocycles. The summed E-state index contributed by atoms with van der Waals surface area (Å²) < 4.78 is 21.5. The van der Waals surface area contributed by atoms with Gasteiger partial charge in [0.15, 0.2) is 11.4 Å². The molecule has 0 aliphatic carbocycles. The molecule has 210 valence electrons. The fourth-order valence-electron chi connectivity index (χ4n) is 4.04. The number of aliphatic imine (C=N–C) groups is 2. The van der Waals surface area contributed by atoms with Gasteiger partial charge < -0.3 is 23.8 Å². The highest BCUT2D eigenvalue weighted by molar-refractivity contribution is 6.14. The number of anilines is 1. The van der Waals surface area contributed by atoms with E-state index in [4.69, 9.17) is 18.9 Å². The number of allylic oxidation sites excluding steroid dienone is 3. The number of hydrogen-bond acceptors (Lipinski definition) is 9. The third kappa shape index (κ3) is 11.1. The number of rotatable bonds is 18. The lowest BCUT2D eigenvalue weighted by atomic mass is 9.91. The number of ether oxygens (including phenoxy) is 4. The average Bonchev–Trinajstić information content (AvgIpc) is 3.09. The minimum atomic E-state index is -0.0404. The van der Waals surface area contributed by atoms with Crippen LogP contribution >= 0.6 is 0 Å². The normalized spacial score (nSPS) is 15.5. The molecule has 0 radical (unpaired) electrons. The van der Waals surface area contributed by atoms with Gasteiger partial charge in [-0.2, -0.15) is 10.5 Å². The average molecular weight is 536 g/mol. The largest absolute Gasteiger partial charge is 0.382 e. The third-order valence-electron chi connectivity index (χ3n) is 6.25. The Morgan fingerprint density at radius 2 is 1.44 bits per heavy atom. The second kappa shape index (κ2) is 18.8. The van der Waals surface area contributed by atoms with Crippen LogP contribution in [-0.2, 0) is 18.9 Å². The molecule has 1 aromatic rings. The van der Waals surface area contributed by atoms with Crippen molar-refractivity contribution in [3.05, 3.63) is 47.3 Å². The zero-order valence-electron chi connectivity index (χ0n) is 23.7. The molecule has 1 unspecified atom stereocenters. The van der Waals surface area contributed by atoms with Gasteiger partial charge in [0.25, 0.3) is 0 Å². The van der Waals surface area contributed by atoms with Gasteiger partial charge in [-0.3, -0.25) is 0 Å². The van der Waals surface area contributed by atoms with Gasteiger partial charge in [0.05, 0.1) is 45.4 Å². The minimum Gasteiger partial charge on any atom is -0.382 e. The molecule has 0 fully saturated rings. The van der Waals surface area contributed by atoms with E-state index in [0.29, 0.717) is 39.6 Å². The van der Waals surface area contributed by atoms with Crippen molar-refractivity contribution in [2.45, 2.75) is 33.1 Å². The Morgan fingerprint density at radius 1 is 0.846 bits per heavy atom. The highest BCUT2D eigenvalue weighted by Gasteiger charge is 2.22. The van der Waals surface area contributed by atoms with Gasteiger partial charge in [-0.05, 0) is 37.1 Å². The molecule has 2 rings (SSSR count). The Bertz CT molecular complexity index is 1070. The first-order valence-electron chi connectivity index (χ1n) is 13.4. The number of benzene rings is 1. The number of hydrogen-bond donors (Lipinski definition) is 0. The molecule has 1 aromatic carbocycles. The van der Waals surface area contributed by atoms with Crippen molar-refractivity contribution in [1.29, 1.82) is 10.5 Å². The maximum absolute atomic E-state index is 9.57. The zero-order valence-corrected chi connectivity index (χ0v) is 23.7. The van der Waals surface area contributed by atoms with Crippen LogP contribution < -0.4 is 4.90 Å². The Hall–Kier alpha value is -3.34. The second-order valence-electron chi connectivity index (χ2n) is 9.03. The molecule has 1 aliphatic heterocycles. The maximum atomic E-state index is 9.57. The molecular formula is C30H41N5O4. The van der Waals surface area contributed by atoms with E-state index in [9.17, 15) is 10.5 Å². The fraction of sp³-hybridized carbons (Fsp3) is 0.533. The Labute approximate surface area is 233 Å². The molecule has 1 atom stereocenters. The van der Waals surface area contributed by atoms with E-state index < -0.39 is 0 Å². The monoisotopic (exact) mass is 535 g/mol. The molecule has 9 nitrogen and oxygen atoms in total.